The SMILES string of the molecule is CCCCCc1cc2c(cc1/C=C/C=C/C(C)=C/CC(=O)O)C(C)(C)CCC2(C)C. The van der Waals surface area contributed by atoms with Crippen molar-refractivity contribution in [1.29, 1.82) is 0 Å². The molecule has 1 aromatic carbocycles. The molecule has 164 valence electrons. The van der Waals surface area contributed by atoms with Gasteiger partial charge in [-0.15, -0.1) is 0 Å². The molecule has 0 saturated carbocycles. The molecule has 0 atom stereocenters. The summed E-state index contributed by atoms with van der Waals surface area (Å²) in [6, 6.07) is 4.93. The van der Waals surface area contributed by atoms with Crippen LogP contribution in [-0.4, -0.2) is 11.1 Å². The van der Waals surface area contributed by atoms with E-state index < -0.39 is 5.97 Å². The van der Waals surface area contributed by atoms with Crippen LogP contribution in [0.2, 0.25) is 0 Å². The summed E-state index contributed by atoms with van der Waals surface area (Å²) in [6.07, 6.45) is 17.4. The smallest absolute Gasteiger partial charge is 0.307 e. The van der Waals surface area contributed by atoms with Crippen molar-refractivity contribution in [3.05, 3.63) is 64.3 Å². The summed E-state index contributed by atoms with van der Waals surface area (Å²) in [5.41, 5.74) is 7.23. The Kier molecular flexibility index (Phi) is 8.29. The fourth-order valence-corrected chi connectivity index (χ4v) is 4.30. The van der Waals surface area contributed by atoms with Crippen molar-refractivity contribution in [2.24, 2.45) is 0 Å². The van der Waals surface area contributed by atoms with Gasteiger partial charge in [0.2, 0.25) is 0 Å². The van der Waals surface area contributed by atoms with E-state index >= 15 is 0 Å². The summed E-state index contributed by atoms with van der Waals surface area (Å²) >= 11 is 0. The molecule has 2 heteroatoms. The van der Waals surface area contributed by atoms with Gasteiger partial charge in [0, 0.05) is 0 Å². The third-order valence-corrected chi connectivity index (χ3v) is 6.51. The van der Waals surface area contributed by atoms with Crippen molar-refractivity contribution in [3.8, 4) is 0 Å². The molecule has 0 aliphatic heterocycles. The van der Waals surface area contributed by atoms with E-state index in [0.717, 1.165) is 12.0 Å². The molecule has 0 fully saturated rings. The lowest BCUT2D eigenvalue weighted by molar-refractivity contribution is -0.136. The molecule has 1 aliphatic carbocycles. The molecule has 0 saturated heterocycles. The van der Waals surface area contributed by atoms with Crippen molar-refractivity contribution in [2.45, 2.75) is 97.3 Å². The lowest BCUT2D eigenvalue weighted by Gasteiger charge is -2.42. The molecule has 0 heterocycles. The van der Waals surface area contributed by atoms with E-state index in [1.165, 1.54) is 54.4 Å². The van der Waals surface area contributed by atoms with Crippen molar-refractivity contribution < 1.29 is 9.90 Å². The summed E-state index contributed by atoms with van der Waals surface area (Å²) in [5, 5.41) is 8.80. The van der Waals surface area contributed by atoms with E-state index in [4.69, 9.17) is 5.11 Å². The minimum absolute atomic E-state index is 0.0666. The average molecular weight is 409 g/mol. The summed E-state index contributed by atoms with van der Waals surface area (Å²) in [6.45, 7) is 13.7. The van der Waals surface area contributed by atoms with E-state index in [-0.39, 0.29) is 17.3 Å². The Morgan fingerprint density at radius 3 is 2.27 bits per heavy atom. The van der Waals surface area contributed by atoms with Gasteiger partial charge in [-0.1, -0.05) is 95.5 Å². The molecule has 2 rings (SSSR count). The number of allylic oxidation sites excluding steroid dienone is 4. The van der Waals surface area contributed by atoms with E-state index in [0.29, 0.717) is 0 Å². The van der Waals surface area contributed by atoms with Crippen molar-refractivity contribution in [1.82, 2.24) is 0 Å². The molecule has 0 aromatic heterocycles. The fraction of sp³-hybridized carbons (Fsp3) is 0.536. The number of fused-ring (bicyclic) bond motifs is 1. The van der Waals surface area contributed by atoms with Crippen LogP contribution in [0, 0.1) is 0 Å². The van der Waals surface area contributed by atoms with Gasteiger partial charge in [-0.2, -0.15) is 0 Å². The molecule has 0 amide bonds. The van der Waals surface area contributed by atoms with Crippen LogP contribution in [-0.2, 0) is 22.0 Å². The minimum atomic E-state index is -0.797. The van der Waals surface area contributed by atoms with Crippen LogP contribution in [0.15, 0.2) is 42.0 Å². The van der Waals surface area contributed by atoms with Gasteiger partial charge in [0.1, 0.15) is 0 Å². The molecular formula is C28H40O2. The van der Waals surface area contributed by atoms with Crippen LogP contribution in [0.1, 0.15) is 102 Å². The van der Waals surface area contributed by atoms with Crippen LogP contribution in [0.5, 0.6) is 0 Å². The quantitative estimate of drug-likeness (QED) is 0.335. The zero-order valence-electron chi connectivity index (χ0n) is 19.8. The zero-order chi connectivity index (χ0) is 22.4. The number of hydrogen-bond acceptors (Lipinski definition) is 1. The van der Waals surface area contributed by atoms with E-state index in [9.17, 15) is 4.79 Å². The number of rotatable bonds is 9. The highest BCUT2D eigenvalue weighted by Gasteiger charge is 2.37. The summed E-state index contributed by atoms with van der Waals surface area (Å²) in [5.74, 6) is -0.797. The average Bonchev–Trinajstić information content (AvgIpc) is 2.67. The number of carbonyl (C=O) groups is 1. The van der Waals surface area contributed by atoms with Crippen molar-refractivity contribution in [2.75, 3.05) is 0 Å². The third-order valence-electron chi connectivity index (χ3n) is 6.51. The van der Waals surface area contributed by atoms with Gasteiger partial charge < -0.3 is 5.11 Å². The van der Waals surface area contributed by atoms with E-state index in [2.05, 4.69) is 58.9 Å². The Balaban J connectivity index is 2.36. The molecule has 0 radical (unpaired) electrons. The Bertz CT molecular complexity index is 834. The largest absolute Gasteiger partial charge is 0.481 e. The summed E-state index contributed by atoms with van der Waals surface area (Å²) in [7, 11) is 0. The maximum Gasteiger partial charge on any atom is 0.307 e. The molecule has 0 spiro atoms. The van der Waals surface area contributed by atoms with Crippen LogP contribution >= 0.6 is 0 Å². The Labute approximate surface area is 183 Å². The van der Waals surface area contributed by atoms with Gasteiger partial charge in [-0.05, 0) is 65.7 Å². The normalized spacial score (nSPS) is 18.1. The Morgan fingerprint density at radius 1 is 1.03 bits per heavy atom. The first-order valence-corrected chi connectivity index (χ1v) is 11.5. The third kappa shape index (κ3) is 6.45. The molecule has 30 heavy (non-hydrogen) atoms. The molecule has 1 aromatic rings. The molecule has 2 nitrogen and oxygen atoms in total. The maximum atomic E-state index is 10.7. The van der Waals surface area contributed by atoms with Crippen LogP contribution in [0.3, 0.4) is 0 Å². The molecule has 0 unspecified atom stereocenters. The standard InChI is InChI=1S/C28H40O2/c1-7-8-9-13-22-19-24-25(28(5,6)18-17-27(24,3)4)20-23(22)14-11-10-12-21(2)15-16-26(29)30/h10-12,14-15,19-20H,7-9,13,16-18H2,1-6H3,(H,29,30)/b12-10+,14-11+,21-15+. The number of unbranched alkanes of at least 4 members (excludes halogenated alkanes) is 2. The highest BCUT2D eigenvalue weighted by atomic mass is 16.4. The highest BCUT2D eigenvalue weighted by molar-refractivity contribution is 5.69. The number of hydrogen-bond donors (Lipinski definition) is 1. The number of carboxylic acids is 1. The van der Waals surface area contributed by atoms with Gasteiger partial charge in [0.05, 0.1) is 6.42 Å². The zero-order valence-corrected chi connectivity index (χ0v) is 19.8. The van der Waals surface area contributed by atoms with Gasteiger partial charge in [-0.25, -0.2) is 0 Å². The summed E-state index contributed by atoms with van der Waals surface area (Å²) < 4.78 is 0. The first-order chi connectivity index (χ1) is 14.1. The Morgan fingerprint density at radius 2 is 1.67 bits per heavy atom. The maximum absolute atomic E-state index is 10.7. The number of benzene rings is 1. The lowest BCUT2D eigenvalue weighted by atomic mass is 9.62. The van der Waals surface area contributed by atoms with Crippen LogP contribution < -0.4 is 0 Å². The first kappa shape index (κ1) is 24.2. The number of carboxylic acid groups (broad SMARTS) is 1. The van der Waals surface area contributed by atoms with Crippen molar-refractivity contribution >= 4 is 12.0 Å². The summed E-state index contributed by atoms with van der Waals surface area (Å²) in [4.78, 5) is 10.7. The predicted molar refractivity (Wildman–Crippen MR) is 129 cm³/mol. The Hall–Kier alpha value is -2.09. The van der Waals surface area contributed by atoms with Gasteiger partial charge in [0.15, 0.2) is 0 Å². The minimum Gasteiger partial charge on any atom is -0.481 e. The molecular weight excluding hydrogens is 368 g/mol. The second-order valence-corrected chi connectivity index (χ2v) is 10.1. The molecule has 1 aliphatic rings. The molecule has 0 bridgehead atoms. The van der Waals surface area contributed by atoms with Crippen molar-refractivity contribution in [3.63, 3.8) is 0 Å². The van der Waals surface area contributed by atoms with E-state index in [1.807, 2.05) is 19.1 Å². The second kappa shape index (κ2) is 10.3. The predicted octanol–water partition coefficient (Wildman–Crippen LogP) is 7.76. The first-order valence-electron chi connectivity index (χ1n) is 11.5. The van der Waals surface area contributed by atoms with Crippen LogP contribution in [0.4, 0.5) is 0 Å². The lowest BCUT2D eigenvalue weighted by Crippen LogP contribution is -2.34. The number of aliphatic carboxylic acids is 1. The number of aryl methyl sites for hydroxylation is 1. The van der Waals surface area contributed by atoms with Gasteiger partial charge in [0.25, 0.3) is 0 Å². The topological polar surface area (TPSA) is 37.3 Å². The van der Waals surface area contributed by atoms with Gasteiger partial charge in [-0.3, -0.25) is 4.79 Å². The molecule has 1 N–H and O–H groups in total. The fourth-order valence-electron chi connectivity index (χ4n) is 4.30. The van der Waals surface area contributed by atoms with Crippen LogP contribution in [0.25, 0.3) is 6.08 Å². The van der Waals surface area contributed by atoms with E-state index in [1.54, 1.807) is 6.08 Å². The van der Waals surface area contributed by atoms with Gasteiger partial charge >= 0.3 is 5.97 Å². The monoisotopic (exact) mass is 408 g/mol. The highest BCUT2D eigenvalue weighted by Crippen LogP contribution is 2.46. The second-order valence-electron chi connectivity index (χ2n) is 10.1.